The van der Waals surface area contributed by atoms with Crippen LogP contribution in [0.15, 0.2) is 53.7 Å². The number of aromatic nitrogens is 3. The number of amides is 1. The summed E-state index contributed by atoms with van der Waals surface area (Å²) < 4.78 is 2.09. The first-order chi connectivity index (χ1) is 14.6. The number of carbonyl (C=O) groups excluding carboxylic acids is 1. The Morgan fingerprint density at radius 3 is 2.60 bits per heavy atom. The zero-order valence-electron chi connectivity index (χ0n) is 18.0. The Balaban J connectivity index is 1.81. The Kier molecular flexibility index (Phi) is 8.08. The Morgan fingerprint density at radius 1 is 1.07 bits per heavy atom. The fraction of sp³-hybridized carbons (Fsp3) is 0.375. The number of hydrogen-bond acceptors (Lipinski definition) is 4. The molecule has 30 heavy (non-hydrogen) atoms. The fourth-order valence-corrected chi connectivity index (χ4v) is 4.16. The molecule has 0 bridgehead atoms. The Bertz CT molecular complexity index is 969. The van der Waals surface area contributed by atoms with Gasteiger partial charge in [0.15, 0.2) is 5.16 Å². The standard InChI is InChI=1S/C24H30N4OS/c1-4-5-9-14-25-23(29)17-30-24-27-26-22(16-20-10-7-6-8-11-20)28(24)21-13-12-18(2)15-19(21)3/h6-8,10-13,15H,4-5,9,14,16-17H2,1-3H3,(H,25,29). The predicted molar refractivity (Wildman–Crippen MR) is 123 cm³/mol. The minimum absolute atomic E-state index is 0.0379. The normalized spacial score (nSPS) is 10.9. The van der Waals surface area contributed by atoms with Crippen LogP contribution in [-0.2, 0) is 11.2 Å². The van der Waals surface area contributed by atoms with Crippen molar-refractivity contribution in [1.82, 2.24) is 20.1 Å². The number of carbonyl (C=O) groups is 1. The van der Waals surface area contributed by atoms with Crippen LogP contribution in [0.4, 0.5) is 0 Å². The predicted octanol–water partition coefficient (Wildman–Crippen LogP) is 4.87. The van der Waals surface area contributed by atoms with Crippen molar-refractivity contribution in [2.45, 2.75) is 51.6 Å². The summed E-state index contributed by atoms with van der Waals surface area (Å²) in [6.45, 7) is 7.08. The van der Waals surface area contributed by atoms with Crippen molar-refractivity contribution in [2.75, 3.05) is 12.3 Å². The van der Waals surface area contributed by atoms with Crippen LogP contribution in [0.3, 0.4) is 0 Å². The molecule has 0 spiro atoms. The first-order valence-corrected chi connectivity index (χ1v) is 11.5. The molecule has 0 radical (unpaired) electrons. The van der Waals surface area contributed by atoms with Crippen LogP contribution < -0.4 is 5.32 Å². The summed E-state index contributed by atoms with van der Waals surface area (Å²) in [6, 6.07) is 16.6. The quantitative estimate of drug-likeness (QED) is 0.374. The van der Waals surface area contributed by atoms with Gasteiger partial charge in [-0.25, -0.2) is 0 Å². The molecule has 0 saturated carbocycles. The number of benzene rings is 2. The van der Waals surface area contributed by atoms with Crippen molar-refractivity contribution in [1.29, 1.82) is 0 Å². The van der Waals surface area contributed by atoms with Gasteiger partial charge >= 0.3 is 0 Å². The summed E-state index contributed by atoms with van der Waals surface area (Å²) in [6.07, 6.45) is 3.99. The van der Waals surface area contributed by atoms with Gasteiger partial charge in [-0.1, -0.05) is 79.6 Å². The van der Waals surface area contributed by atoms with Crippen molar-refractivity contribution in [3.63, 3.8) is 0 Å². The summed E-state index contributed by atoms with van der Waals surface area (Å²) in [5, 5.41) is 12.6. The Hall–Kier alpha value is -2.60. The number of unbranched alkanes of at least 4 members (excludes halogenated alkanes) is 2. The molecule has 0 aliphatic heterocycles. The van der Waals surface area contributed by atoms with E-state index in [2.05, 4.69) is 71.2 Å². The van der Waals surface area contributed by atoms with E-state index in [1.165, 1.54) is 22.9 Å². The lowest BCUT2D eigenvalue weighted by Gasteiger charge is -2.13. The zero-order chi connectivity index (χ0) is 21.3. The van der Waals surface area contributed by atoms with Gasteiger partial charge in [0.1, 0.15) is 5.82 Å². The van der Waals surface area contributed by atoms with Gasteiger partial charge in [-0.05, 0) is 37.5 Å². The number of nitrogens with zero attached hydrogens (tertiary/aromatic N) is 3. The molecule has 1 aromatic heterocycles. The highest BCUT2D eigenvalue weighted by molar-refractivity contribution is 7.99. The van der Waals surface area contributed by atoms with Crippen molar-refractivity contribution >= 4 is 17.7 Å². The maximum Gasteiger partial charge on any atom is 0.230 e. The van der Waals surface area contributed by atoms with Crippen molar-refractivity contribution in [3.8, 4) is 5.69 Å². The van der Waals surface area contributed by atoms with E-state index in [1.807, 2.05) is 18.2 Å². The van der Waals surface area contributed by atoms with Gasteiger partial charge in [0.25, 0.3) is 0 Å². The summed E-state index contributed by atoms with van der Waals surface area (Å²) in [4.78, 5) is 12.2. The Labute approximate surface area is 183 Å². The van der Waals surface area contributed by atoms with E-state index in [-0.39, 0.29) is 5.91 Å². The first-order valence-electron chi connectivity index (χ1n) is 10.5. The molecule has 3 rings (SSSR count). The maximum absolute atomic E-state index is 12.2. The summed E-state index contributed by atoms with van der Waals surface area (Å²) in [7, 11) is 0. The number of thioether (sulfide) groups is 1. The SMILES string of the molecule is CCCCCNC(=O)CSc1nnc(Cc2ccccc2)n1-c1ccc(C)cc1C. The van der Waals surface area contributed by atoms with Crippen LogP contribution in [0, 0.1) is 13.8 Å². The highest BCUT2D eigenvalue weighted by Gasteiger charge is 2.17. The van der Waals surface area contributed by atoms with Gasteiger partial charge in [-0.15, -0.1) is 10.2 Å². The van der Waals surface area contributed by atoms with Crippen LogP contribution in [-0.4, -0.2) is 33.0 Å². The largest absolute Gasteiger partial charge is 0.355 e. The molecule has 0 saturated heterocycles. The second-order valence-corrected chi connectivity index (χ2v) is 8.47. The lowest BCUT2D eigenvalue weighted by Crippen LogP contribution is -2.26. The van der Waals surface area contributed by atoms with E-state index >= 15 is 0 Å². The van der Waals surface area contributed by atoms with Crippen molar-refractivity contribution in [3.05, 3.63) is 71.0 Å². The van der Waals surface area contributed by atoms with E-state index in [0.29, 0.717) is 12.2 Å². The second kappa shape index (κ2) is 11.0. The molecule has 3 aromatic rings. The number of rotatable bonds is 10. The summed E-state index contributed by atoms with van der Waals surface area (Å²) >= 11 is 1.44. The third-order valence-electron chi connectivity index (χ3n) is 4.93. The van der Waals surface area contributed by atoms with Gasteiger partial charge in [-0.3, -0.25) is 9.36 Å². The fourth-order valence-electron chi connectivity index (χ4n) is 3.37. The van der Waals surface area contributed by atoms with E-state index in [1.54, 1.807) is 0 Å². The third kappa shape index (κ3) is 5.95. The van der Waals surface area contributed by atoms with E-state index in [4.69, 9.17) is 0 Å². The van der Waals surface area contributed by atoms with Gasteiger partial charge < -0.3 is 5.32 Å². The monoisotopic (exact) mass is 422 g/mol. The van der Waals surface area contributed by atoms with Gasteiger partial charge in [0, 0.05) is 13.0 Å². The lowest BCUT2D eigenvalue weighted by atomic mass is 10.1. The molecule has 0 fully saturated rings. The van der Waals surface area contributed by atoms with Crippen LogP contribution in [0.2, 0.25) is 0 Å². The first kappa shape index (κ1) is 22.1. The molecule has 1 heterocycles. The smallest absolute Gasteiger partial charge is 0.230 e. The molecule has 5 nitrogen and oxygen atoms in total. The molecule has 1 N–H and O–H groups in total. The van der Waals surface area contributed by atoms with Gasteiger partial charge in [0.2, 0.25) is 5.91 Å². The molecule has 0 aliphatic carbocycles. The van der Waals surface area contributed by atoms with Crippen LogP contribution in [0.5, 0.6) is 0 Å². The highest BCUT2D eigenvalue weighted by Crippen LogP contribution is 2.26. The molecule has 6 heteroatoms. The topological polar surface area (TPSA) is 59.8 Å². The molecule has 158 valence electrons. The van der Waals surface area contributed by atoms with Crippen LogP contribution in [0.25, 0.3) is 5.69 Å². The number of nitrogens with one attached hydrogen (secondary N) is 1. The van der Waals surface area contributed by atoms with Crippen molar-refractivity contribution in [2.24, 2.45) is 0 Å². The molecule has 2 aromatic carbocycles. The second-order valence-electron chi connectivity index (χ2n) is 7.53. The van der Waals surface area contributed by atoms with Crippen molar-refractivity contribution < 1.29 is 4.79 Å². The summed E-state index contributed by atoms with van der Waals surface area (Å²) in [5.41, 5.74) is 4.62. The van der Waals surface area contributed by atoms with Crippen LogP contribution in [0.1, 0.15) is 48.7 Å². The highest BCUT2D eigenvalue weighted by atomic mass is 32.2. The number of hydrogen-bond donors (Lipinski definition) is 1. The molecule has 0 aliphatic rings. The minimum Gasteiger partial charge on any atom is -0.355 e. The van der Waals surface area contributed by atoms with Gasteiger partial charge in [0.05, 0.1) is 11.4 Å². The minimum atomic E-state index is 0.0379. The Morgan fingerprint density at radius 2 is 1.87 bits per heavy atom. The van der Waals surface area contributed by atoms with E-state index < -0.39 is 0 Å². The van der Waals surface area contributed by atoms with Gasteiger partial charge in [-0.2, -0.15) is 0 Å². The average molecular weight is 423 g/mol. The average Bonchev–Trinajstić information content (AvgIpc) is 3.12. The number of aryl methyl sites for hydroxylation is 2. The molecule has 0 unspecified atom stereocenters. The summed E-state index contributed by atoms with van der Waals surface area (Å²) in [5.74, 6) is 1.25. The molecular formula is C24H30N4OS. The maximum atomic E-state index is 12.2. The molecular weight excluding hydrogens is 392 g/mol. The lowest BCUT2D eigenvalue weighted by molar-refractivity contribution is -0.118. The zero-order valence-corrected chi connectivity index (χ0v) is 18.8. The van der Waals surface area contributed by atoms with E-state index in [9.17, 15) is 4.79 Å². The van der Waals surface area contributed by atoms with Crippen LogP contribution >= 0.6 is 11.8 Å². The van der Waals surface area contributed by atoms with E-state index in [0.717, 1.165) is 48.0 Å². The molecule has 0 atom stereocenters. The molecule has 1 amide bonds. The third-order valence-corrected chi connectivity index (χ3v) is 5.86.